The fraction of sp³-hybridized carbons (Fsp3) is 0.143. The fourth-order valence-electron chi connectivity index (χ4n) is 1.67. The van der Waals surface area contributed by atoms with E-state index < -0.39 is 11.9 Å². The SMILES string of the molecule is COC(=O)c1cc(C)ccc1NC(=O)c1ccc(Br)o1. The van der Waals surface area contributed by atoms with Crippen LogP contribution in [0.15, 0.2) is 39.4 Å². The van der Waals surface area contributed by atoms with Crippen molar-refractivity contribution in [3.63, 3.8) is 0 Å². The first-order valence-corrected chi connectivity index (χ1v) is 6.56. The second kappa shape index (κ2) is 5.92. The van der Waals surface area contributed by atoms with Crippen molar-refractivity contribution in [2.24, 2.45) is 0 Å². The van der Waals surface area contributed by atoms with E-state index in [-0.39, 0.29) is 5.76 Å². The van der Waals surface area contributed by atoms with Crippen LogP contribution in [0.1, 0.15) is 26.5 Å². The molecule has 0 saturated heterocycles. The molecule has 0 saturated carbocycles. The Morgan fingerprint density at radius 1 is 1.25 bits per heavy atom. The number of hydrogen-bond acceptors (Lipinski definition) is 4. The van der Waals surface area contributed by atoms with E-state index in [1.165, 1.54) is 13.2 Å². The highest BCUT2D eigenvalue weighted by Crippen LogP contribution is 2.20. The number of nitrogens with one attached hydrogen (secondary N) is 1. The molecule has 0 aliphatic rings. The minimum atomic E-state index is -0.510. The van der Waals surface area contributed by atoms with Gasteiger partial charge >= 0.3 is 5.97 Å². The lowest BCUT2D eigenvalue weighted by atomic mass is 10.1. The van der Waals surface area contributed by atoms with Gasteiger partial charge in [-0.15, -0.1) is 0 Å². The summed E-state index contributed by atoms with van der Waals surface area (Å²) in [6.07, 6.45) is 0. The van der Waals surface area contributed by atoms with Gasteiger partial charge in [-0.3, -0.25) is 4.79 Å². The average Bonchev–Trinajstić information content (AvgIpc) is 2.86. The molecule has 0 aliphatic heterocycles. The third-order valence-corrected chi connectivity index (χ3v) is 3.05. The molecule has 6 heteroatoms. The molecule has 5 nitrogen and oxygen atoms in total. The van der Waals surface area contributed by atoms with Crippen LogP contribution >= 0.6 is 15.9 Å². The van der Waals surface area contributed by atoms with Crippen LogP contribution < -0.4 is 5.32 Å². The largest absolute Gasteiger partial charge is 0.465 e. The molecule has 104 valence electrons. The maximum Gasteiger partial charge on any atom is 0.339 e. The molecule has 0 spiro atoms. The molecular weight excluding hydrogens is 326 g/mol. The van der Waals surface area contributed by atoms with Gasteiger partial charge in [-0.05, 0) is 47.1 Å². The molecule has 2 rings (SSSR count). The Morgan fingerprint density at radius 3 is 2.60 bits per heavy atom. The number of rotatable bonds is 3. The van der Waals surface area contributed by atoms with E-state index in [1.54, 1.807) is 24.3 Å². The average molecular weight is 338 g/mol. The second-order valence-electron chi connectivity index (χ2n) is 4.10. The number of carbonyl (C=O) groups excluding carboxylic acids is 2. The van der Waals surface area contributed by atoms with Gasteiger partial charge in [0.1, 0.15) is 0 Å². The highest BCUT2D eigenvalue weighted by molar-refractivity contribution is 9.10. The summed E-state index contributed by atoms with van der Waals surface area (Å²) in [5.41, 5.74) is 1.57. The van der Waals surface area contributed by atoms with E-state index in [2.05, 4.69) is 21.2 Å². The highest BCUT2D eigenvalue weighted by atomic mass is 79.9. The lowest BCUT2D eigenvalue weighted by Gasteiger charge is -2.09. The van der Waals surface area contributed by atoms with Gasteiger partial charge in [-0.1, -0.05) is 11.6 Å². The summed E-state index contributed by atoms with van der Waals surface area (Å²) in [4.78, 5) is 23.7. The lowest BCUT2D eigenvalue weighted by molar-refractivity contribution is 0.0602. The maximum atomic E-state index is 12.0. The summed E-state index contributed by atoms with van der Waals surface area (Å²) in [6, 6.07) is 8.24. The van der Waals surface area contributed by atoms with E-state index >= 15 is 0 Å². The molecule has 0 radical (unpaired) electrons. The molecule has 1 heterocycles. The number of amides is 1. The van der Waals surface area contributed by atoms with Gasteiger partial charge in [0.25, 0.3) is 5.91 Å². The molecule has 0 atom stereocenters. The first-order chi connectivity index (χ1) is 9.51. The minimum absolute atomic E-state index is 0.147. The van der Waals surface area contributed by atoms with E-state index in [9.17, 15) is 9.59 Å². The Kier molecular flexibility index (Phi) is 4.24. The van der Waals surface area contributed by atoms with Crippen molar-refractivity contribution in [2.45, 2.75) is 6.92 Å². The van der Waals surface area contributed by atoms with Gasteiger partial charge in [-0.2, -0.15) is 0 Å². The molecule has 0 bridgehead atoms. The quantitative estimate of drug-likeness (QED) is 0.871. The summed E-state index contributed by atoms with van der Waals surface area (Å²) in [7, 11) is 1.29. The van der Waals surface area contributed by atoms with Crippen LogP contribution in [0.25, 0.3) is 0 Å². The monoisotopic (exact) mass is 337 g/mol. The highest BCUT2D eigenvalue weighted by Gasteiger charge is 2.16. The molecule has 0 unspecified atom stereocenters. The summed E-state index contributed by atoms with van der Waals surface area (Å²) in [6.45, 7) is 1.85. The van der Waals surface area contributed by atoms with Gasteiger partial charge in [0.05, 0.1) is 18.4 Å². The smallest absolute Gasteiger partial charge is 0.339 e. The van der Waals surface area contributed by atoms with Crippen molar-refractivity contribution < 1.29 is 18.7 Å². The Labute approximate surface area is 124 Å². The first-order valence-electron chi connectivity index (χ1n) is 5.77. The summed E-state index contributed by atoms with van der Waals surface area (Å²) in [5.74, 6) is -0.803. The van der Waals surface area contributed by atoms with Gasteiger partial charge in [0.2, 0.25) is 0 Å². The molecule has 1 N–H and O–H groups in total. The summed E-state index contributed by atoms with van der Waals surface area (Å²) >= 11 is 3.12. The predicted octanol–water partition coefficient (Wildman–Crippen LogP) is 3.39. The van der Waals surface area contributed by atoms with Crippen LogP contribution in [0.5, 0.6) is 0 Å². The Bertz CT molecular complexity index is 663. The van der Waals surface area contributed by atoms with E-state index in [1.807, 2.05) is 6.92 Å². The molecule has 2 aromatic rings. The predicted molar refractivity (Wildman–Crippen MR) is 76.9 cm³/mol. The molecular formula is C14H12BrNO4. The molecule has 0 fully saturated rings. The zero-order chi connectivity index (χ0) is 14.7. The van der Waals surface area contributed by atoms with Crippen LogP contribution in [-0.4, -0.2) is 19.0 Å². The third-order valence-electron chi connectivity index (χ3n) is 2.63. The minimum Gasteiger partial charge on any atom is -0.465 e. The van der Waals surface area contributed by atoms with Crippen LogP contribution in [0.3, 0.4) is 0 Å². The van der Waals surface area contributed by atoms with Crippen LogP contribution in [-0.2, 0) is 4.74 Å². The van der Waals surface area contributed by atoms with Gasteiger partial charge in [0, 0.05) is 0 Å². The third kappa shape index (κ3) is 3.08. The van der Waals surface area contributed by atoms with Crippen molar-refractivity contribution in [1.29, 1.82) is 0 Å². The molecule has 20 heavy (non-hydrogen) atoms. The number of esters is 1. The molecule has 0 aliphatic carbocycles. The van der Waals surface area contributed by atoms with Crippen molar-refractivity contribution in [3.05, 3.63) is 51.9 Å². The normalized spacial score (nSPS) is 10.2. The topological polar surface area (TPSA) is 68.5 Å². The van der Waals surface area contributed by atoms with Gasteiger partial charge < -0.3 is 14.5 Å². The fourth-order valence-corrected chi connectivity index (χ4v) is 1.97. The number of furan rings is 1. The van der Waals surface area contributed by atoms with Gasteiger partial charge in [-0.25, -0.2) is 4.79 Å². The van der Waals surface area contributed by atoms with E-state index in [0.717, 1.165) is 5.56 Å². The van der Waals surface area contributed by atoms with Crippen LogP contribution in [0.2, 0.25) is 0 Å². The number of methoxy groups -OCH3 is 1. The van der Waals surface area contributed by atoms with Crippen molar-refractivity contribution in [2.75, 3.05) is 12.4 Å². The van der Waals surface area contributed by atoms with Crippen LogP contribution in [0.4, 0.5) is 5.69 Å². The second-order valence-corrected chi connectivity index (χ2v) is 4.88. The number of ether oxygens (including phenoxy) is 1. The number of carbonyl (C=O) groups is 2. The maximum absolute atomic E-state index is 12.0. The number of hydrogen-bond donors (Lipinski definition) is 1. The Hall–Kier alpha value is -2.08. The number of anilines is 1. The zero-order valence-corrected chi connectivity index (χ0v) is 12.5. The summed E-state index contributed by atoms with van der Waals surface area (Å²) < 4.78 is 10.3. The van der Waals surface area contributed by atoms with Crippen molar-refractivity contribution in [1.82, 2.24) is 0 Å². The van der Waals surface area contributed by atoms with E-state index in [4.69, 9.17) is 9.15 Å². The molecule has 1 aromatic carbocycles. The molecule has 1 aromatic heterocycles. The first kappa shape index (κ1) is 14.3. The number of aryl methyl sites for hydroxylation is 1. The Morgan fingerprint density at radius 2 is 2.00 bits per heavy atom. The standard InChI is InChI=1S/C14H12BrNO4/c1-8-3-4-10(9(7-8)14(18)19-2)16-13(17)11-5-6-12(15)20-11/h3-7H,1-2H3,(H,16,17). The van der Waals surface area contributed by atoms with Crippen LogP contribution in [0, 0.1) is 6.92 Å². The van der Waals surface area contributed by atoms with E-state index in [0.29, 0.717) is 15.9 Å². The van der Waals surface area contributed by atoms with Gasteiger partial charge in [0.15, 0.2) is 10.4 Å². The summed E-state index contributed by atoms with van der Waals surface area (Å²) in [5, 5.41) is 2.63. The molecule has 1 amide bonds. The zero-order valence-electron chi connectivity index (χ0n) is 10.9. The lowest BCUT2D eigenvalue weighted by Crippen LogP contribution is -2.15. The Balaban J connectivity index is 2.29. The van der Waals surface area contributed by atoms with Crippen molar-refractivity contribution in [3.8, 4) is 0 Å². The number of benzene rings is 1. The number of halogens is 1. The van der Waals surface area contributed by atoms with Crippen molar-refractivity contribution >= 4 is 33.5 Å².